The number of carbonyl (C=O) groups excluding carboxylic acids is 2. The number of rotatable bonds is 14. The molecular weight excluding hydrogens is 629 g/mol. The number of nitrogens with zero attached hydrogens (tertiary/aromatic N) is 2. The molecule has 3 rings (SSSR count). The molecule has 13 heteroatoms. The maximum atomic E-state index is 14.3. The first kappa shape index (κ1) is 34.8. The van der Waals surface area contributed by atoms with E-state index in [4.69, 9.17) is 37.4 Å². The maximum Gasteiger partial charge on any atom is 0.265 e. The third-order valence-corrected chi connectivity index (χ3v) is 9.46. The van der Waals surface area contributed by atoms with Crippen LogP contribution in [0.5, 0.6) is 17.2 Å². The van der Waals surface area contributed by atoms with Crippen LogP contribution in [0.3, 0.4) is 0 Å². The number of anilines is 1. The van der Waals surface area contributed by atoms with Gasteiger partial charge in [-0.15, -0.1) is 0 Å². The van der Waals surface area contributed by atoms with Gasteiger partial charge >= 0.3 is 0 Å². The molecule has 0 aliphatic rings. The molecule has 1 N–H and O–H groups in total. The van der Waals surface area contributed by atoms with Gasteiger partial charge in [-0.3, -0.25) is 13.9 Å². The van der Waals surface area contributed by atoms with E-state index in [0.717, 1.165) is 4.31 Å². The molecule has 2 amide bonds. The summed E-state index contributed by atoms with van der Waals surface area (Å²) in [5.74, 6) is -0.404. The van der Waals surface area contributed by atoms with Crippen LogP contribution in [0.25, 0.3) is 0 Å². The third-order valence-electron chi connectivity index (χ3n) is 7.10. The summed E-state index contributed by atoms with van der Waals surface area (Å²) in [5.41, 5.74) is 0.609. The highest BCUT2D eigenvalue weighted by molar-refractivity contribution is 7.92. The van der Waals surface area contributed by atoms with Crippen molar-refractivity contribution < 1.29 is 32.2 Å². The maximum absolute atomic E-state index is 14.3. The topological polar surface area (TPSA) is 114 Å². The van der Waals surface area contributed by atoms with Crippen LogP contribution in [0.1, 0.15) is 32.8 Å². The lowest BCUT2D eigenvalue weighted by molar-refractivity contribution is -0.139. The van der Waals surface area contributed by atoms with Crippen LogP contribution < -0.4 is 23.8 Å². The molecule has 10 nitrogen and oxygen atoms in total. The number of hydrogen-bond donors (Lipinski definition) is 1. The van der Waals surface area contributed by atoms with Crippen molar-refractivity contribution in [2.75, 3.05) is 32.2 Å². The van der Waals surface area contributed by atoms with Gasteiger partial charge in [0, 0.05) is 28.7 Å². The number of nitrogens with one attached hydrogen (secondary N) is 1. The number of sulfonamides is 1. The summed E-state index contributed by atoms with van der Waals surface area (Å²) in [6.45, 7) is 4.62. The lowest BCUT2D eigenvalue weighted by Crippen LogP contribution is -2.52. The fourth-order valence-electron chi connectivity index (χ4n) is 4.33. The Bertz CT molecular complexity index is 1590. The lowest BCUT2D eigenvalue weighted by Gasteiger charge is -2.33. The van der Waals surface area contributed by atoms with Crippen molar-refractivity contribution in [3.05, 3.63) is 76.3 Å². The van der Waals surface area contributed by atoms with Crippen molar-refractivity contribution in [1.82, 2.24) is 10.2 Å². The predicted octanol–water partition coefficient (Wildman–Crippen LogP) is 5.55. The van der Waals surface area contributed by atoms with Crippen LogP contribution in [0.4, 0.5) is 5.69 Å². The van der Waals surface area contributed by atoms with Gasteiger partial charge in [0.2, 0.25) is 11.8 Å². The van der Waals surface area contributed by atoms with Gasteiger partial charge in [-0.1, -0.05) is 48.3 Å². The zero-order chi connectivity index (χ0) is 32.6. The standard InChI is InChI=1S/C31H37Cl2N3O7S/c1-7-20(2)34-31(38)21(3)35(18-22-10-8-9-11-25(22)33)30(37)19-36(26-16-23(32)12-14-27(26)41-4)44(39,40)24-13-15-28(42-5)29(17-24)43-6/h8-17,20-21H,7,18-19H2,1-6H3,(H,34,38)/t20-,21+/m0/s1. The van der Waals surface area contributed by atoms with Crippen molar-refractivity contribution in [1.29, 1.82) is 0 Å². The van der Waals surface area contributed by atoms with Gasteiger partial charge in [0.15, 0.2) is 11.5 Å². The third kappa shape index (κ3) is 8.08. The highest BCUT2D eigenvalue weighted by Gasteiger charge is 2.35. The van der Waals surface area contributed by atoms with E-state index in [2.05, 4.69) is 5.32 Å². The van der Waals surface area contributed by atoms with Crippen LogP contribution in [-0.2, 0) is 26.2 Å². The number of ether oxygens (including phenoxy) is 3. The van der Waals surface area contributed by atoms with Gasteiger partial charge in [-0.05, 0) is 62.2 Å². The van der Waals surface area contributed by atoms with Crippen LogP contribution in [-0.4, -0.2) is 65.1 Å². The second kappa shape index (κ2) is 15.4. The molecule has 0 aromatic heterocycles. The van der Waals surface area contributed by atoms with E-state index < -0.39 is 34.4 Å². The summed E-state index contributed by atoms with van der Waals surface area (Å²) in [6.07, 6.45) is 0.683. The Labute approximate surface area is 268 Å². The molecule has 0 radical (unpaired) electrons. The van der Waals surface area contributed by atoms with Crippen molar-refractivity contribution >= 4 is 50.7 Å². The predicted molar refractivity (Wildman–Crippen MR) is 171 cm³/mol. The molecule has 0 aliphatic carbocycles. The fourth-order valence-corrected chi connectivity index (χ4v) is 6.13. The molecule has 2 atom stereocenters. The zero-order valence-electron chi connectivity index (χ0n) is 25.5. The van der Waals surface area contributed by atoms with Gasteiger partial charge in [0.05, 0.1) is 31.9 Å². The van der Waals surface area contributed by atoms with Crippen LogP contribution in [0.15, 0.2) is 65.6 Å². The number of amides is 2. The lowest BCUT2D eigenvalue weighted by atomic mass is 10.1. The quantitative estimate of drug-likeness (QED) is 0.240. The molecule has 0 heterocycles. The minimum absolute atomic E-state index is 0.0255. The molecule has 44 heavy (non-hydrogen) atoms. The second-order valence-electron chi connectivity index (χ2n) is 9.95. The van der Waals surface area contributed by atoms with Crippen molar-refractivity contribution in [3.63, 3.8) is 0 Å². The van der Waals surface area contributed by atoms with Gasteiger partial charge in [0.25, 0.3) is 10.0 Å². The Balaban J connectivity index is 2.15. The fraction of sp³-hybridized carbons (Fsp3) is 0.355. The zero-order valence-corrected chi connectivity index (χ0v) is 27.8. The monoisotopic (exact) mass is 665 g/mol. The normalized spacial score (nSPS) is 12.5. The SMILES string of the molecule is CC[C@H](C)NC(=O)[C@@H](C)N(Cc1ccccc1Cl)C(=O)CN(c1cc(Cl)ccc1OC)S(=O)(=O)c1ccc(OC)c(OC)c1. The molecule has 0 bridgehead atoms. The van der Waals surface area contributed by atoms with Crippen LogP contribution in [0.2, 0.25) is 10.0 Å². The van der Waals surface area contributed by atoms with E-state index in [-0.39, 0.29) is 39.7 Å². The molecule has 0 aliphatic heterocycles. The Morgan fingerprint density at radius 2 is 1.52 bits per heavy atom. The van der Waals surface area contributed by atoms with Gasteiger partial charge < -0.3 is 24.4 Å². The molecule has 238 valence electrons. The summed E-state index contributed by atoms with van der Waals surface area (Å²) in [4.78, 5) is 28.6. The summed E-state index contributed by atoms with van der Waals surface area (Å²) >= 11 is 12.7. The smallest absolute Gasteiger partial charge is 0.265 e. The van der Waals surface area contributed by atoms with Crippen molar-refractivity contribution in [2.45, 2.75) is 50.7 Å². The summed E-state index contributed by atoms with van der Waals surface area (Å²) in [6, 6.07) is 14.3. The minimum atomic E-state index is -4.45. The second-order valence-corrected chi connectivity index (χ2v) is 12.7. The van der Waals surface area contributed by atoms with Gasteiger partial charge in [-0.25, -0.2) is 8.42 Å². The van der Waals surface area contributed by atoms with E-state index in [1.165, 1.54) is 62.6 Å². The van der Waals surface area contributed by atoms with E-state index >= 15 is 0 Å². The number of hydrogen-bond acceptors (Lipinski definition) is 7. The summed E-state index contributed by atoms with van der Waals surface area (Å²) in [7, 11) is -0.265. The number of carbonyl (C=O) groups is 2. The number of halogens is 2. The van der Waals surface area contributed by atoms with Gasteiger partial charge in [0.1, 0.15) is 18.3 Å². The summed E-state index contributed by atoms with van der Waals surface area (Å²) in [5, 5.41) is 3.51. The molecule has 0 saturated heterocycles. The largest absolute Gasteiger partial charge is 0.495 e. The molecular formula is C31H37Cl2N3O7S. The van der Waals surface area contributed by atoms with Gasteiger partial charge in [-0.2, -0.15) is 0 Å². The number of benzene rings is 3. The Hall–Kier alpha value is -3.67. The first-order valence-corrected chi connectivity index (χ1v) is 16.0. The first-order chi connectivity index (χ1) is 20.9. The first-order valence-electron chi connectivity index (χ1n) is 13.8. The van der Waals surface area contributed by atoms with Crippen LogP contribution >= 0.6 is 23.2 Å². The minimum Gasteiger partial charge on any atom is -0.495 e. The van der Waals surface area contributed by atoms with E-state index in [9.17, 15) is 18.0 Å². The number of methoxy groups -OCH3 is 3. The highest BCUT2D eigenvalue weighted by Crippen LogP contribution is 2.37. The molecule has 3 aromatic rings. The Kier molecular flexibility index (Phi) is 12.2. The average molecular weight is 667 g/mol. The highest BCUT2D eigenvalue weighted by atomic mass is 35.5. The van der Waals surface area contributed by atoms with E-state index in [1.54, 1.807) is 31.2 Å². The molecule has 3 aromatic carbocycles. The molecule has 0 saturated carbocycles. The van der Waals surface area contributed by atoms with Crippen LogP contribution in [0, 0.1) is 0 Å². The average Bonchev–Trinajstić information content (AvgIpc) is 3.02. The molecule has 0 fully saturated rings. The van der Waals surface area contributed by atoms with Crippen molar-refractivity contribution in [3.8, 4) is 17.2 Å². The van der Waals surface area contributed by atoms with Crippen molar-refractivity contribution in [2.24, 2.45) is 0 Å². The van der Waals surface area contributed by atoms with E-state index in [1.807, 2.05) is 13.8 Å². The Morgan fingerprint density at radius 1 is 0.886 bits per heavy atom. The molecule has 0 spiro atoms. The Morgan fingerprint density at radius 3 is 2.14 bits per heavy atom. The summed E-state index contributed by atoms with van der Waals surface area (Å²) < 4.78 is 45.6. The van der Waals surface area contributed by atoms with E-state index in [0.29, 0.717) is 22.8 Å². The molecule has 0 unspecified atom stereocenters.